The van der Waals surface area contributed by atoms with Gasteiger partial charge in [0, 0.05) is 18.9 Å². The standard InChI is InChI=1S/C26H22N4O2/c1-18-10-9-15-29-23(18)27-24-21(25(29)31)16-22(28(24)2)26(32)30(20-13-7-4-8-14-20)17-19-11-5-3-6-12-19/h3-16H,17H2,1-2H3. The Hall–Kier alpha value is -4.19. The van der Waals surface area contributed by atoms with E-state index in [0.29, 0.717) is 28.9 Å². The van der Waals surface area contributed by atoms with Crippen molar-refractivity contribution in [2.45, 2.75) is 13.5 Å². The number of rotatable bonds is 4. The smallest absolute Gasteiger partial charge is 0.275 e. The molecule has 0 aliphatic heterocycles. The van der Waals surface area contributed by atoms with Gasteiger partial charge in [-0.3, -0.25) is 14.0 Å². The van der Waals surface area contributed by atoms with Crippen LogP contribution in [0.2, 0.25) is 0 Å². The highest BCUT2D eigenvalue weighted by atomic mass is 16.2. The van der Waals surface area contributed by atoms with Gasteiger partial charge in [0.2, 0.25) is 0 Å². The average molecular weight is 422 g/mol. The van der Waals surface area contributed by atoms with Crippen LogP contribution < -0.4 is 10.5 Å². The van der Waals surface area contributed by atoms with Crippen molar-refractivity contribution >= 4 is 28.3 Å². The quantitative estimate of drug-likeness (QED) is 0.433. The van der Waals surface area contributed by atoms with Crippen LogP contribution in [-0.2, 0) is 13.6 Å². The second kappa shape index (κ2) is 7.81. The molecule has 0 unspecified atom stereocenters. The van der Waals surface area contributed by atoms with Crippen LogP contribution in [0.15, 0.2) is 89.9 Å². The molecule has 5 rings (SSSR count). The maximum Gasteiger partial charge on any atom is 0.275 e. The summed E-state index contributed by atoms with van der Waals surface area (Å²) in [5, 5.41) is 0.423. The van der Waals surface area contributed by atoms with Crippen LogP contribution in [0, 0.1) is 6.92 Å². The van der Waals surface area contributed by atoms with Gasteiger partial charge < -0.3 is 9.47 Å². The van der Waals surface area contributed by atoms with Gasteiger partial charge >= 0.3 is 0 Å². The normalized spacial score (nSPS) is 11.2. The van der Waals surface area contributed by atoms with Crippen LogP contribution in [0.3, 0.4) is 0 Å². The minimum absolute atomic E-state index is 0.183. The Balaban J connectivity index is 1.67. The summed E-state index contributed by atoms with van der Waals surface area (Å²) in [5.74, 6) is -0.189. The Kier molecular flexibility index (Phi) is 4.82. The van der Waals surface area contributed by atoms with Gasteiger partial charge in [0.25, 0.3) is 11.5 Å². The first-order chi connectivity index (χ1) is 15.5. The predicted octanol–water partition coefficient (Wildman–Crippen LogP) is 4.34. The highest BCUT2D eigenvalue weighted by molar-refractivity contribution is 6.07. The van der Waals surface area contributed by atoms with Crippen molar-refractivity contribution in [3.63, 3.8) is 0 Å². The molecule has 2 aromatic carbocycles. The number of nitrogens with zero attached hydrogens (tertiary/aromatic N) is 4. The summed E-state index contributed by atoms with van der Waals surface area (Å²) in [6.07, 6.45) is 1.71. The fourth-order valence-corrected chi connectivity index (χ4v) is 4.03. The summed E-state index contributed by atoms with van der Waals surface area (Å²) in [7, 11) is 1.78. The van der Waals surface area contributed by atoms with Gasteiger partial charge in [-0.05, 0) is 42.3 Å². The van der Waals surface area contributed by atoms with E-state index in [-0.39, 0.29) is 11.5 Å². The van der Waals surface area contributed by atoms with Crippen molar-refractivity contribution in [1.82, 2.24) is 14.0 Å². The van der Waals surface area contributed by atoms with Crippen LogP contribution in [0.4, 0.5) is 5.69 Å². The maximum atomic E-state index is 13.8. The molecule has 0 aliphatic carbocycles. The Morgan fingerprint density at radius 2 is 1.62 bits per heavy atom. The minimum Gasteiger partial charge on any atom is -0.324 e. The number of aryl methyl sites for hydroxylation is 2. The van der Waals surface area contributed by atoms with Gasteiger partial charge in [0.05, 0.1) is 11.9 Å². The van der Waals surface area contributed by atoms with Crippen molar-refractivity contribution in [2.24, 2.45) is 7.05 Å². The van der Waals surface area contributed by atoms with E-state index in [1.807, 2.05) is 79.7 Å². The Morgan fingerprint density at radius 3 is 2.34 bits per heavy atom. The number of pyridine rings is 1. The molecule has 1 amide bonds. The highest BCUT2D eigenvalue weighted by Crippen LogP contribution is 2.23. The molecule has 0 N–H and O–H groups in total. The van der Waals surface area contributed by atoms with E-state index in [2.05, 4.69) is 0 Å². The van der Waals surface area contributed by atoms with Gasteiger partial charge in [-0.25, -0.2) is 4.98 Å². The Morgan fingerprint density at radius 1 is 0.938 bits per heavy atom. The molecule has 0 radical (unpaired) electrons. The fourth-order valence-electron chi connectivity index (χ4n) is 4.03. The molecule has 158 valence electrons. The molecule has 0 spiro atoms. The summed E-state index contributed by atoms with van der Waals surface area (Å²) in [6.45, 7) is 2.33. The summed E-state index contributed by atoms with van der Waals surface area (Å²) in [6, 6.07) is 24.8. The Bertz CT molecular complexity index is 1500. The molecule has 6 heteroatoms. The predicted molar refractivity (Wildman–Crippen MR) is 126 cm³/mol. The largest absolute Gasteiger partial charge is 0.324 e. The molecule has 6 nitrogen and oxygen atoms in total. The van der Waals surface area contributed by atoms with Gasteiger partial charge in [-0.1, -0.05) is 54.6 Å². The molecule has 3 heterocycles. The molecule has 0 saturated heterocycles. The van der Waals surface area contributed by atoms with E-state index in [4.69, 9.17) is 4.98 Å². The molecule has 0 aliphatic rings. The van der Waals surface area contributed by atoms with Crippen LogP contribution in [0.1, 0.15) is 21.6 Å². The molecule has 0 saturated carbocycles. The van der Waals surface area contributed by atoms with Crippen molar-refractivity contribution in [3.8, 4) is 0 Å². The SMILES string of the molecule is Cc1cccn2c(=O)c3cc(C(=O)N(Cc4ccccc4)c4ccccc4)n(C)c3nc12. The monoisotopic (exact) mass is 422 g/mol. The van der Waals surface area contributed by atoms with E-state index >= 15 is 0 Å². The lowest BCUT2D eigenvalue weighted by atomic mass is 10.2. The number of hydrogen-bond donors (Lipinski definition) is 0. The lowest BCUT2D eigenvalue weighted by molar-refractivity contribution is 0.0977. The Labute approximate surface area is 185 Å². The first-order valence-electron chi connectivity index (χ1n) is 10.4. The number of carbonyl (C=O) groups is 1. The molecule has 0 fully saturated rings. The molecule has 0 bridgehead atoms. The van der Waals surface area contributed by atoms with E-state index in [9.17, 15) is 9.59 Å². The number of carbonyl (C=O) groups excluding carboxylic acids is 1. The third kappa shape index (κ3) is 3.26. The summed E-state index contributed by atoms with van der Waals surface area (Å²) >= 11 is 0. The van der Waals surface area contributed by atoms with Gasteiger partial charge in [0.15, 0.2) is 0 Å². The minimum atomic E-state index is -0.189. The second-order valence-corrected chi connectivity index (χ2v) is 7.84. The van der Waals surface area contributed by atoms with E-state index in [1.54, 1.807) is 28.8 Å². The molecule has 5 aromatic rings. The summed E-state index contributed by atoms with van der Waals surface area (Å²) in [5.41, 5.74) is 4.03. The van der Waals surface area contributed by atoms with Crippen LogP contribution in [0.5, 0.6) is 0 Å². The molecule has 3 aromatic heterocycles. The zero-order chi connectivity index (χ0) is 22.2. The number of fused-ring (bicyclic) bond motifs is 2. The van der Waals surface area contributed by atoms with Crippen molar-refractivity contribution in [3.05, 3.63) is 112 Å². The number of amides is 1. The third-order valence-corrected chi connectivity index (χ3v) is 5.74. The lowest BCUT2D eigenvalue weighted by Crippen LogP contribution is -2.31. The first-order valence-corrected chi connectivity index (χ1v) is 10.4. The van der Waals surface area contributed by atoms with E-state index in [1.165, 1.54) is 4.40 Å². The number of anilines is 1. The number of benzene rings is 2. The van der Waals surface area contributed by atoms with Crippen molar-refractivity contribution in [2.75, 3.05) is 4.90 Å². The van der Waals surface area contributed by atoms with E-state index < -0.39 is 0 Å². The van der Waals surface area contributed by atoms with E-state index in [0.717, 1.165) is 16.8 Å². The zero-order valence-corrected chi connectivity index (χ0v) is 17.9. The maximum absolute atomic E-state index is 13.8. The average Bonchev–Trinajstić information content (AvgIpc) is 3.16. The van der Waals surface area contributed by atoms with Crippen molar-refractivity contribution < 1.29 is 4.79 Å². The number of aromatic nitrogens is 3. The summed E-state index contributed by atoms with van der Waals surface area (Å²) < 4.78 is 3.25. The lowest BCUT2D eigenvalue weighted by Gasteiger charge is -2.23. The second-order valence-electron chi connectivity index (χ2n) is 7.84. The van der Waals surface area contributed by atoms with Gasteiger partial charge in [0.1, 0.15) is 17.0 Å². The van der Waals surface area contributed by atoms with Crippen LogP contribution >= 0.6 is 0 Å². The van der Waals surface area contributed by atoms with Gasteiger partial charge in [-0.15, -0.1) is 0 Å². The van der Waals surface area contributed by atoms with Crippen molar-refractivity contribution in [1.29, 1.82) is 0 Å². The fraction of sp³-hybridized carbons (Fsp3) is 0.115. The molecular weight excluding hydrogens is 400 g/mol. The topological polar surface area (TPSA) is 59.6 Å². The summed E-state index contributed by atoms with van der Waals surface area (Å²) in [4.78, 5) is 33.4. The zero-order valence-electron chi connectivity index (χ0n) is 17.9. The van der Waals surface area contributed by atoms with Crippen LogP contribution in [0.25, 0.3) is 16.7 Å². The molecule has 32 heavy (non-hydrogen) atoms. The van der Waals surface area contributed by atoms with Gasteiger partial charge in [-0.2, -0.15) is 0 Å². The van der Waals surface area contributed by atoms with Crippen LogP contribution in [-0.4, -0.2) is 19.9 Å². The molecule has 0 atom stereocenters. The number of hydrogen-bond acceptors (Lipinski definition) is 3. The first kappa shape index (κ1) is 19.8. The molecular formula is C26H22N4O2. The third-order valence-electron chi connectivity index (χ3n) is 5.74. The highest BCUT2D eigenvalue weighted by Gasteiger charge is 2.24. The number of para-hydroxylation sites is 1.